The molecule has 0 N–H and O–H groups in total. The van der Waals surface area contributed by atoms with Crippen molar-refractivity contribution in [3.63, 3.8) is 0 Å². The number of halogens is 1. The molecule has 0 radical (unpaired) electrons. The maximum Gasteiger partial charge on any atom is 0.231 e. The third kappa shape index (κ3) is 3.45. The lowest BCUT2D eigenvalue weighted by Gasteiger charge is -2.44. The van der Waals surface area contributed by atoms with Crippen LogP contribution in [0.4, 0.5) is 4.39 Å². The van der Waals surface area contributed by atoms with Crippen molar-refractivity contribution in [3.8, 4) is 11.5 Å². The molecule has 184 valence electrons. The van der Waals surface area contributed by atoms with E-state index in [0.29, 0.717) is 31.7 Å². The first-order valence-corrected chi connectivity index (χ1v) is 12.2. The minimum absolute atomic E-state index is 0.0931. The van der Waals surface area contributed by atoms with Gasteiger partial charge in [0.15, 0.2) is 28.6 Å². The number of ketones is 2. The fourth-order valence-electron chi connectivity index (χ4n) is 5.88. The first-order chi connectivity index (χ1) is 17.4. The van der Waals surface area contributed by atoms with Crippen LogP contribution in [0.5, 0.6) is 11.5 Å². The number of benzene rings is 3. The number of ether oxygens (including phenoxy) is 2. The predicted molar refractivity (Wildman–Crippen MR) is 132 cm³/mol. The molecule has 0 saturated carbocycles. The Hall–Kier alpha value is -3.55. The van der Waals surface area contributed by atoms with E-state index < -0.39 is 17.1 Å². The summed E-state index contributed by atoms with van der Waals surface area (Å²) in [5.74, 6) is 0.0652. The number of hydrogen-bond donors (Lipinski definition) is 0. The summed E-state index contributed by atoms with van der Waals surface area (Å²) in [6.07, 6.45) is 0. The molecule has 3 aromatic carbocycles. The lowest BCUT2D eigenvalue weighted by atomic mass is 9.81. The largest absolute Gasteiger partial charge is 0.454 e. The van der Waals surface area contributed by atoms with Crippen LogP contribution < -0.4 is 9.47 Å². The summed E-state index contributed by atoms with van der Waals surface area (Å²) in [6, 6.07) is 16.1. The van der Waals surface area contributed by atoms with Crippen molar-refractivity contribution >= 4 is 11.6 Å². The van der Waals surface area contributed by atoms with E-state index in [-0.39, 0.29) is 23.7 Å². The number of carbonyl (C=O) groups is 2. The van der Waals surface area contributed by atoms with Crippen molar-refractivity contribution in [2.24, 2.45) is 0 Å². The molecule has 1 atom stereocenters. The molecule has 1 unspecified atom stereocenters. The van der Waals surface area contributed by atoms with Crippen LogP contribution in [0.2, 0.25) is 0 Å². The summed E-state index contributed by atoms with van der Waals surface area (Å²) >= 11 is 0. The molecule has 1 saturated heterocycles. The van der Waals surface area contributed by atoms with Crippen LogP contribution in [0.1, 0.15) is 43.0 Å². The lowest BCUT2D eigenvalue weighted by molar-refractivity contribution is 0.0278. The summed E-state index contributed by atoms with van der Waals surface area (Å²) in [7, 11) is 0. The molecule has 6 nitrogen and oxygen atoms in total. The third-order valence-electron chi connectivity index (χ3n) is 7.47. The van der Waals surface area contributed by atoms with Gasteiger partial charge in [-0.15, -0.1) is 0 Å². The number of fused-ring (bicyclic) bond motifs is 2. The Morgan fingerprint density at radius 3 is 2.31 bits per heavy atom. The molecule has 1 fully saturated rings. The first-order valence-electron chi connectivity index (χ1n) is 12.2. The summed E-state index contributed by atoms with van der Waals surface area (Å²) in [4.78, 5) is 32.3. The molecule has 6 rings (SSSR count). The monoisotopic (exact) mass is 486 g/mol. The Balaban J connectivity index is 1.32. The summed E-state index contributed by atoms with van der Waals surface area (Å²) in [5, 5.41) is 0. The van der Waals surface area contributed by atoms with Crippen LogP contribution in [0.25, 0.3) is 0 Å². The third-order valence-corrected chi connectivity index (χ3v) is 7.47. The number of nitrogens with zero attached hydrogens (tertiary/aromatic N) is 2. The van der Waals surface area contributed by atoms with Crippen LogP contribution in [0.3, 0.4) is 0 Å². The topological polar surface area (TPSA) is 59.1 Å². The van der Waals surface area contributed by atoms with E-state index in [9.17, 15) is 14.0 Å². The highest BCUT2D eigenvalue weighted by Gasteiger charge is 2.59. The molecule has 0 aromatic heterocycles. The van der Waals surface area contributed by atoms with Crippen molar-refractivity contribution in [2.75, 3.05) is 33.0 Å². The highest BCUT2D eigenvalue weighted by molar-refractivity contribution is 6.33. The Kier molecular flexibility index (Phi) is 5.43. The molecule has 36 heavy (non-hydrogen) atoms. The fourth-order valence-corrected chi connectivity index (χ4v) is 5.88. The van der Waals surface area contributed by atoms with Crippen LogP contribution in [-0.2, 0) is 12.1 Å². The Morgan fingerprint density at radius 1 is 0.861 bits per heavy atom. The van der Waals surface area contributed by atoms with Gasteiger partial charge in [-0.2, -0.15) is 0 Å². The SMILES string of the molecule is Cc1cc(C)cc(C2(N3CCN(Cc4ccc5c(c4)OCO5)CC3)C(=O)c3cccc(F)c3C2=O)c1. The molecule has 3 aliphatic rings. The Morgan fingerprint density at radius 2 is 1.58 bits per heavy atom. The van der Waals surface area contributed by atoms with Crippen LogP contribution in [0, 0.1) is 19.7 Å². The van der Waals surface area contributed by atoms with Gasteiger partial charge in [0.25, 0.3) is 0 Å². The van der Waals surface area contributed by atoms with E-state index in [1.54, 1.807) is 6.07 Å². The number of piperazine rings is 1. The second-order valence-electron chi connectivity index (χ2n) is 9.86. The van der Waals surface area contributed by atoms with Crippen molar-refractivity contribution < 1.29 is 23.5 Å². The molecule has 3 aromatic rings. The van der Waals surface area contributed by atoms with Gasteiger partial charge >= 0.3 is 0 Å². The van der Waals surface area contributed by atoms with E-state index in [4.69, 9.17) is 9.47 Å². The van der Waals surface area contributed by atoms with Gasteiger partial charge in [0.2, 0.25) is 6.79 Å². The van der Waals surface area contributed by atoms with Gasteiger partial charge in [-0.05, 0) is 43.2 Å². The number of Topliss-reactive ketones (excluding diaryl/α,β-unsaturated/α-hetero) is 2. The Bertz CT molecular complexity index is 1380. The molecule has 7 heteroatoms. The number of rotatable bonds is 4. The second-order valence-corrected chi connectivity index (χ2v) is 9.86. The zero-order chi connectivity index (χ0) is 25.0. The molecule has 0 amide bonds. The molecule has 2 heterocycles. The van der Waals surface area contributed by atoms with Gasteiger partial charge in [0, 0.05) is 38.3 Å². The van der Waals surface area contributed by atoms with Crippen molar-refractivity contribution in [3.05, 3.63) is 93.8 Å². The maximum atomic E-state index is 14.9. The molecule has 1 aliphatic carbocycles. The van der Waals surface area contributed by atoms with Gasteiger partial charge < -0.3 is 9.47 Å². The predicted octanol–water partition coefficient (Wildman–Crippen LogP) is 4.26. The molecule has 0 spiro atoms. The Labute approximate surface area is 209 Å². The van der Waals surface area contributed by atoms with Crippen molar-refractivity contribution in [1.82, 2.24) is 9.80 Å². The summed E-state index contributed by atoms with van der Waals surface area (Å²) in [6.45, 7) is 7.20. The second kappa shape index (κ2) is 8.54. The van der Waals surface area contributed by atoms with Gasteiger partial charge in [-0.3, -0.25) is 19.4 Å². The standard InChI is InChI=1S/C29H27FN2O4/c1-18-12-19(2)14-21(13-18)29(27(33)22-4-3-5-23(30)26(22)28(29)34)32-10-8-31(9-11-32)16-20-6-7-24-25(15-20)36-17-35-24/h3-7,12-15H,8-11,16-17H2,1-2H3. The lowest BCUT2D eigenvalue weighted by Crippen LogP contribution is -2.60. The first kappa shape index (κ1) is 22.9. The van der Waals surface area contributed by atoms with E-state index in [1.165, 1.54) is 12.1 Å². The van der Waals surface area contributed by atoms with E-state index in [0.717, 1.165) is 34.7 Å². The summed E-state index contributed by atoms with van der Waals surface area (Å²) in [5.41, 5.74) is 2.18. The average Bonchev–Trinajstić information content (AvgIpc) is 3.41. The minimum Gasteiger partial charge on any atom is -0.454 e. The molecule has 0 bridgehead atoms. The fraction of sp³-hybridized carbons (Fsp3) is 0.310. The highest BCUT2D eigenvalue weighted by atomic mass is 19.1. The smallest absolute Gasteiger partial charge is 0.231 e. The molecule has 2 aliphatic heterocycles. The van der Waals surface area contributed by atoms with E-state index in [1.807, 2.05) is 55.1 Å². The maximum absolute atomic E-state index is 14.9. The normalized spacial score (nSPS) is 21.8. The van der Waals surface area contributed by atoms with Gasteiger partial charge in [0.1, 0.15) is 5.82 Å². The van der Waals surface area contributed by atoms with Crippen LogP contribution >= 0.6 is 0 Å². The van der Waals surface area contributed by atoms with Gasteiger partial charge in [-0.1, -0.05) is 47.5 Å². The van der Waals surface area contributed by atoms with Gasteiger partial charge in [-0.25, -0.2) is 4.39 Å². The van der Waals surface area contributed by atoms with Crippen molar-refractivity contribution in [1.29, 1.82) is 0 Å². The zero-order valence-corrected chi connectivity index (χ0v) is 20.3. The number of aryl methyl sites for hydroxylation is 2. The average molecular weight is 487 g/mol. The minimum atomic E-state index is -1.55. The molecular weight excluding hydrogens is 459 g/mol. The van der Waals surface area contributed by atoms with E-state index in [2.05, 4.69) is 4.90 Å². The number of carbonyl (C=O) groups excluding carboxylic acids is 2. The molecular formula is C29H27FN2O4. The van der Waals surface area contributed by atoms with E-state index >= 15 is 0 Å². The highest BCUT2D eigenvalue weighted by Crippen LogP contribution is 2.44. The quantitative estimate of drug-likeness (QED) is 0.514. The summed E-state index contributed by atoms with van der Waals surface area (Å²) < 4.78 is 25.8. The zero-order valence-electron chi connectivity index (χ0n) is 20.3. The van der Waals surface area contributed by atoms with Gasteiger partial charge in [0.05, 0.1) is 5.56 Å². The van der Waals surface area contributed by atoms with Crippen LogP contribution in [-0.4, -0.2) is 54.3 Å². The number of hydrogen-bond acceptors (Lipinski definition) is 6. The van der Waals surface area contributed by atoms with Crippen LogP contribution in [0.15, 0.2) is 54.6 Å². The van der Waals surface area contributed by atoms with Crippen molar-refractivity contribution in [2.45, 2.75) is 25.9 Å².